The molecule has 59 heavy (non-hydrogen) atoms. The molecule has 0 bridgehead atoms. The highest BCUT2D eigenvalue weighted by Crippen LogP contribution is 2.41. The summed E-state index contributed by atoms with van der Waals surface area (Å²) in [6.07, 6.45) is 0. The van der Waals surface area contributed by atoms with Crippen LogP contribution < -0.4 is 0 Å². The summed E-state index contributed by atoms with van der Waals surface area (Å²) in [7, 11) is 0. The first-order chi connectivity index (χ1) is 29.2. The van der Waals surface area contributed by atoms with Crippen molar-refractivity contribution in [1.29, 1.82) is 0 Å². The molecule has 11 aromatic rings. The van der Waals surface area contributed by atoms with Crippen molar-refractivity contribution in [2.24, 2.45) is 0 Å². The maximum Gasteiger partial charge on any atom is 0.145 e. The Morgan fingerprint density at radius 2 is 0.763 bits per heavy atom. The zero-order valence-electron chi connectivity index (χ0n) is 32.2. The van der Waals surface area contributed by atoms with Gasteiger partial charge in [-0.05, 0) is 86.3 Å². The summed E-state index contributed by atoms with van der Waals surface area (Å²) < 4.78 is 2.27. The molecule has 0 saturated heterocycles. The number of para-hydroxylation sites is 2. The van der Waals surface area contributed by atoms with Gasteiger partial charge in [-0.1, -0.05) is 188 Å². The SMILES string of the molecule is c1ccc(-c2ccc(-c3cc(-c4ccc(-c5ccccc5)cc4)c4cc(-c5ccc(-n6c(-c7ccccc7)nc7ccccc76)cc5)c5ccccc5c4n3)cc2)cc1. The zero-order valence-corrected chi connectivity index (χ0v) is 32.2. The number of fused-ring (bicyclic) bond motifs is 4. The standard InChI is InChI=1S/C56H37N3/c1-4-14-38(15-5-1)40-24-28-42(29-25-40)50-37-53(44-30-26-41(27-31-44)39-16-6-2-7-17-39)57-55-48-21-11-10-20-47(48)49(36-51(50)55)43-32-34-46(35-33-43)59-54-23-13-12-22-52(54)58-56(59)45-18-8-3-9-19-45/h1-37H. The van der Waals surface area contributed by atoms with Crippen LogP contribution in [0.4, 0.5) is 0 Å². The van der Waals surface area contributed by atoms with Crippen LogP contribution in [-0.4, -0.2) is 14.5 Å². The average Bonchev–Trinajstić information content (AvgIpc) is 3.72. The Labute approximate surface area is 343 Å². The van der Waals surface area contributed by atoms with E-state index in [9.17, 15) is 0 Å². The van der Waals surface area contributed by atoms with Crippen LogP contribution in [0.5, 0.6) is 0 Å². The van der Waals surface area contributed by atoms with Gasteiger partial charge in [0.25, 0.3) is 0 Å². The van der Waals surface area contributed by atoms with E-state index in [1.54, 1.807) is 0 Å². The summed E-state index contributed by atoms with van der Waals surface area (Å²) in [6, 6.07) is 79.9. The average molecular weight is 752 g/mol. The van der Waals surface area contributed by atoms with Gasteiger partial charge in [0, 0.05) is 27.6 Å². The third kappa shape index (κ3) is 6.26. The highest BCUT2D eigenvalue weighted by molar-refractivity contribution is 6.16. The van der Waals surface area contributed by atoms with Crippen LogP contribution in [-0.2, 0) is 0 Å². The maximum absolute atomic E-state index is 5.47. The monoisotopic (exact) mass is 751 g/mol. The van der Waals surface area contributed by atoms with Gasteiger partial charge in [-0.25, -0.2) is 9.97 Å². The van der Waals surface area contributed by atoms with Gasteiger partial charge in [-0.15, -0.1) is 0 Å². The molecule has 276 valence electrons. The van der Waals surface area contributed by atoms with Crippen molar-refractivity contribution in [3.63, 3.8) is 0 Å². The summed E-state index contributed by atoms with van der Waals surface area (Å²) in [5.41, 5.74) is 16.6. The van der Waals surface area contributed by atoms with Crippen LogP contribution >= 0.6 is 0 Å². The fraction of sp³-hybridized carbons (Fsp3) is 0. The molecule has 9 aromatic carbocycles. The van der Waals surface area contributed by atoms with Crippen molar-refractivity contribution in [3.8, 4) is 72.8 Å². The molecule has 11 rings (SSSR count). The van der Waals surface area contributed by atoms with Crippen molar-refractivity contribution in [1.82, 2.24) is 14.5 Å². The summed E-state index contributed by atoms with van der Waals surface area (Å²) in [5, 5.41) is 3.41. The normalized spacial score (nSPS) is 11.4. The molecular weight excluding hydrogens is 715 g/mol. The number of hydrogen-bond acceptors (Lipinski definition) is 2. The predicted molar refractivity (Wildman–Crippen MR) is 246 cm³/mol. The van der Waals surface area contributed by atoms with E-state index in [2.05, 4.69) is 217 Å². The molecule has 2 heterocycles. The van der Waals surface area contributed by atoms with E-state index in [-0.39, 0.29) is 0 Å². The van der Waals surface area contributed by atoms with E-state index in [4.69, 9.17) is 9.97 Å². The van der Waals surface area contributed by atoms with E-state index in [1.165, 1.54) is 33.2 Å². The second-order valence-corrected chi connectivity index (χ2v) is 15.0. The fourth-order valence-corrected chi connectivity index (χ4v) is 8.47. The molecule has 0 aliphatic heterocycles. The summed E-state index contributed by atoms with van der Waals surface area (Å²) in [5.74, 6) is 0.926. The number of aromatic nitrogens is 3. The summed E-state index contributed by atoms with van der Waals surface area (Å²) in [4.78, 5) is 10.5. The van der Waals surface area contributed by atoms with E-state index in [1.807, 2.05) is 12.1 Å². The van der Waals surface area contributed by atoms with Crippen LogP contribution in [0, 0.1) is 0 Å². The van der Waals surface area contributed by atoms with Crippen LogP contribution in [0.15, 0.2) is 224 Å². The van der Waals surface area contributed by atoms with Gasteiger partial charge >= 0.3 is 0 Å². The molecule has 0 fully saturated rings. The van der Waals surface area contributed by atoms with Gasteiger partial charge in [-0.3, -0.25) is 4.57 Å². The third-order valence-corrected chi connectivity index (χ3v) is 11.4. The molecule has 0 spiro atoms. The Kier molecular flexibility index (Phi) is 8.49. The van der Waals surface area contributed by atoms with Gasteiger partial charge in [-0.2, -0.15) is 0 Å². The minimum atomic E-state index is 0.926. The van der Waals surface area contributed by atoms with Gasteiger partial charge in [0.05, 0.1) is 22.2 Å². The zero-order chi connectivity index (χ0) is 39.1. The van der Waals surface area contributed by atoms with Gasteiger partial charge < -0.3 is 0 Å². The van der Waals surface area contributed by atoms with Gasteiger partial charge in [0.1, 0.15) is 5.82 Å². The van der Waals surface area contributed by atoms with Crippen LogP contribution in [0.3, 0.4) is 0 Å². The number of pyridine rings is 1. The molecule has 0 aliphatic rings. The minimum absolute atomic E-state index is 0.926. The Morgan fingerprint density at radius 1 is 0.305 bits per heavy atom. The van der Waals surface area contributed by atoms with E-state index < -0.39 is 0 Å². The topological polar surface area (TPSA) is 30.7 Å². The lowest BCUT2D eigenvalue weighted by atomic mass is 9.90. The number of benzene rings is 9. The number of rotatable bonds is 7. The molecule has 0 atom stereocenters. The highest BCUT2D eigenvalue weighted by Gasteiger charge is 2.18. The Balaban J connectivity index is 1.08. The van der Waals surface area contributed by atoms with E-state index >= 15 is 0 Å². The minimum Gasteiger partial charge on any atom is -0.292 e. The van der Waals surface area contributed by atoms with E-state index in [0.717, 1.165) is 72.3 Å². The number of nitrogens with zero attached hydrogens (tertiary/aromatic N) is 3. The number of imidazole rings is 1. The predicted octanol–water partition coefficient (Wildman–Crippen LogP) is 14.7. The van der Waals surface area contributed by atoms with Crippen molar-refractivity contribution < 1.29 is 0 Å². The fourth-order valence-electron chi connectivity index (χ4n) is 8.47. The molecule has 0 unspecified atom stereocenters. The largest absolute Gasteiger partial charge is 0.292 e. The number of hydrogen-bond donors (Lipinski definition) is 0. The van der Waals surface area contributed by atoms with Crippen LogP contribution in [0.1, 0.15) is 0 Å². The van der Waals surface area contributed by atoms with Crippen LogP contribution in [0.25, 0.3) is 106 Å². The second kappa shape index (κ2) is 14.6. The van der Waals surface area contributed by atoms with Gasteiger partial charge in [0.15, 0.2) is 0 Å². The molecule has 3 nitrogen and oxygen atoms in total. The molecule has 0 amide bonds. The lowest BCUT2D eigenvalue weighted by molar-refractivity contribution is 1.10. The van der Waals surface area contributed by atoms with Crippen molar-refractivity contribution in [3.05, 3.63) is 224 Å². The summed E-state index contributed by atoms with van der Waals surface area (Å²) >= 11 is 0. The second-order valence-electron chi connectivity index (χ2n) is 15.0. The molecule has 0 aliphatic carbocycles. The van der Waals surface area contributed by atoms with Crippen LogP contribution in [0.2, 0.25) is 0 Å². The molecule has 3 heteroatoms. The van der Waals surface area contributed by atoms with Crippen molar-refractivity contribution in [2.45, 2.75) is 0 Å². The van der Waals surface area contributed by atoms with Crippen molar-refractivity contribution in [2.75, 3.05) is 0 Å². The molecular formula is C56H37N3. The first kappa shape index (κ1) is 34.4. The van der Waals surface area contributed by atoms with Crippen molar-refractivity contribution >= 4 is 32.7 Å². The Hall–Kier alpha value is -7.88. The first-order valence-corrected chi connectivity index (χ1v) is 20.1. The summed E-state index contributed by atoms with van der Waals surface area (Å²) in [6.45, 7) is 0. The highest BCUT2D eigenvalue weighted by atomic mass is 15.1. The lowest BCUT2D eigenvalue weighted by Gasteiger charge is -2.17. The Bertz CT molecular complexity index is 3260. The van der Waals surface area contributed by atoms with E-state index in [0.29, 0.717) is 0 Å². The van der Waals surface area contributed by atoms with Gasteiger partial charge in [0.2, 0.25) is 0 Å². The smallest absolute Gasteiger partial charge is 0.145 e. The molecule has 2 aromatic heterocycles. The maximum atomic E-state index is 5.47. The molecule has 0 saturated carbocycles. The first-order valence-electron chi connectivity index (χ1n) is 20.1. The molecule has 0 N–H and O–H groups in total. The lowest BCUT2D eigenvalue weighted by Crippen LogP contribution is -1.97. The quantitative estimate of drug-likeness (QED) is 0.152. The molecule has 0 radical (unpaired) electrons. The third-order valence-electron chi connectivity index (χ3n) is 11.4. The Morgan fingerprint density at radius 3 is 1.39 bits per heavy atom.